The molecule has 0 aliphatic carbocycles. The standard InChI is InChI=1S/C12H15NO3/c1-13-8-9-2-4-10(5-3-9)16-11-6-7-15-12(11)14/h2-5,11,13H,6-8H2,1H3. The van der Waals surface area contributed by atoms with Gasteiger partial charge in [0.2, 0.25) is 0 Å². The van der Waals surface area contributed by atoms with Crippen LogP contribution in [-0.4, -0.2) is 25.7 Å². The lowest BCUT2D eigenvalue weighted by Crippen LogP contribution is -2.21. The van der Waals surface area contributed by atoms with Gasteiger partial charge in [0.05, 0.1) is 6.61 Å². The largest absolute Gasteiger partial charge is 0.479 e. The summed E-state index contributed by atoms with van der Waals surface area (Å²) in [6.07, 6.45) is 0.201. The van der Waals surface area contributed by atoms with Crippen molar-refractivity contribution in [1.82, 2.24) is 5.32 Å². The second kappa shape index (κ2) is 4.99. The number of nitrogens with one attached hydrogen (secondary N) is 1. The van der Waals surface area contributed by atoms with Crippen LogP contribution in [-0.2, 0) is 16.1 Å². The smallest absolute Gasteiger partial charge is 0.347 e. The van der Waals surface area contributed by atoms with Gasteiger partial charge in [-0.25, -0.2) is 4.79 Å². The lowest BCUT2D eigenvalue weighted by atomic mass is 10.2. The highest BCUT2D eigenvalue weighted by atomic mass is 16.6. The van der Waals surface area contributed by atoms with E-state index < -0.39 is 6.10 Å². The number of hydrogen-bond donors (Lipinski definition) is 1. The maximum Gasteiger partial charge on any atom is 0.347 e. The minimum Gasteiger partial charge on any atom is -0.479 e. The molecule has 1 aliphatic heterocycles. The van der Waals surface area contributed by atoms with Crippen molar-refractivity contribution in [1.29, 1.82) is 0 Å². The zero-order valence-corrected chi connectivity index (χ0v) is 9.23. The van der Waals surface area contributed by atoms with Crippen LogP contribution in [0.15, 0.2) is 24.3 Å². The van der Waals surface area contributed by atoms with Crippen LogP contribution in [0.2, 0.25) is 0 Å². The van der Waals surface area contributed by atoms with Crippen molar-refractivity contribution >= 4 is 5.97 Å². The molecule has 4 heteroatoms. The van der Waals surface area contributed by atoms with Crippen LogP contribution in [0.5, 0.6) is 5.75 Å². The lowest BCUT2D eigenvalue weighted by Gasteiger charge is -2.10. The average Bonchev–Trinajstić information content (AvgIpc) is 2.68. The summed E-state index contributed by atoms with van der Waals surface area (Å²) in [6.45, 7) is 1.28. The van der Waals surface area contributed by atoms with Gasteiger partial charge in [0.1, 0.15) is 5.75 Å². The van der Waals surface area contributed by atoms with Crippen LogP contribution < -0.4 is 10.1 Å². The van der Waals surface area contributed by atoms with E-state index in [2.05, 4.69) is 5.32 Å². The third-order valence-corrected chi connectivity index (χ3v) is 2.47. The summed E-state index contributed by atoms with van der Waals surface area (Å²) < 4.78 is 10.4. The van der Waals surface area contributed by atoms with Crippen molar-refractivity contribution in [3.63, 3.8) is 0 Å². The monoisotopic (exact) mass is 221 g/mol. The number of ether oxygens (including phenoxy) is 2. The van der Waals surface area contributed by atoms with E-state index in [1.54, 1.807) is 0 Å². The fraction of sp³-hybridized carbons (Fsp3) is 0.417. The highest BCUT2D eigenvalue weighted by Gasteiger charge is 2.28. The van der Waals surface area contributed by atoms with Crippen LogP contribution in [0, 0.1) is 0 Å². The Balaban J connectivity index is 1.96. The fourth-order valence-corrected chi connectivity index (χ4v) is 1.64. The molecule has 1 atom stereocenters. The van der Waals surface area contributed by atoms with Crippen molar-refractivity contribution in [3.8, 4) is 5.75 Å². The summed E-state index contributed by atoms with van der Waals surface area (Å²) in [5.74, 6) is 0.447. The van der Waals surface area contributed by atoms with Gasteiger partial charge in [-0.2, -0.15) is 0 Å². The zero-order chi connectivity index (χ0) is 11.4. The third kappa shape index (κ3) is 2.52. The Morgan fingerprint density at radius 2 is 2.19 bits per heavy atom. The molecule has 1 aliphatic rings. The third-order valence-electron chi connectivity index (χ3n) is 2.47. The molecule has 1 aromatic rings. The molecular formula is C12H15NO3. The minimum atomic E-state index is -0.435. The summed E-state index contributed by atoms with van der Waals surface area (Å²) in [5.41, 5.74) is 1.18. The van der Waals surface area contributed by atoms with Gasteiger partial charge in [-0.05, 0) is 24.7 Å². The first-order valence-electron chi connectivity index (χ1n) is 5.36. The SMILES string of the molecule is CNCc1ccc(OC2CCOC2=O)cc1. The molecule has 0 radical (unpaired) electrons. The van der Waals surface area contributed by atoms with Gasteiger partial charge in [-0.1, -0.05) is 12.1 Å². The predicted molar refractivity (Wildman–Crippen MR) is 59.2 cm³/mol. The number of carbonyl (C=O) groups is 1. The Bertz CT molecular complexity index is 361. The number of esters is 1. The predicted octanol–water partition coefficient (Wildman–Crippen LogP) is 1.10. The Labute approximate surface area is 94.6 Å². The normalized spacial score (nSPS) is 19.6. The van der Waals surface area contributed by atoms with Crippen molar-refractivity contribution < 1.29 is 14.3 Å². The summed E-state index contributed by atoms with van der Waals surface area (Å²) >= 11 is 0. The summed E-state index contributed by atoms with van der Waals surface area (Å²) in [5, 5.41) is 3.07. The Hall–Kier alpha value is -1.55. The molecule has 1 fully saturated rings. The Morgan fingerprint density at radius 1 is 1.44 bits per heavy atom. The quantitative estimate of drug-likeness (QED) is 0.773. The molecule has 0 amide bonds. The molecule has 0 bridgehead atoms. The second-order valence-electron chi connectivity index (χ2n) is 3.74. The first-order valence-corrected chi connectivity index (χ1v) is 5.36. The van der Waals surface area contributed by atoms with E-state index in [0.29, 0.717) is 18.8 Å². The van der Waals surface area contributed by atoms with Gasteiger partial charge in [0, 0.05) is 13.0 Å². The minimum absolute atomic E-state index is 0.265. The number of rotatable bonds is 4. The van der Waals surface area contributed by atoms with Crippen molar-refractivity contribution in [3.05, 3.63) is 29.8 Å². The maximum absolute atomic E-state index is 11.2. The molecule has 1 unspecified atom stereocenters. The summed E-state index contributed by atoms with van der Waals surface area (Å²) in [6, 6.07) is 7.70. The molecule has 4 nitrogen and oxygen atoms in total. The second-order valence-corrected chi connectivity index (χ2v) is 3.74. The molecule has 0 saturated carbocycles. The van der Waals surface area contributed by atoms with Crippen LogP contribution >= 0.6 is 0 Å². The van der Waals surface area contributed by atoms with E-state index in [-0.39, 0.29) is 5.97 Å². The van der Waals surface area contributed by atoms with Gasteiger partial charge < -0.3 is 14.8 Å². The first kappa shape index (κ1) is 11.0. The van der Waals surface area contributed by atoms with E-state index in [4.69, 9.17) is 9.47 Å². The molecule has 1 N–H and O–H groups in total. The Morgan fingerprint density at radius 3 is 2.75 bits per heavy atom. The number of benzene rings is 1. The van der Waals surface area contributed by atoms with Gasteiger partial charge in [-0.15, -0.1) is 0 Å². The molecule has 16 heavy (non-hydrogen) atoms. The molecule has 0 spiro atoms. The van der Waals surface area contributed by atoms with Crippen LogP contribution in [0.1, 0.15) is 12.0 Å². The molecule has 1 saturated heterocycles. The van der Waals surface area contributed by atoms with E-state index in [9.17, 15) is 4.79 Å². The number of carbonyl (C=O) groups excluding carboxylic acids is 1. The topological polar surface area (TPSA) is 47.6 Å². The first-order chi connectivity index (χ1) is 7.79. The van der Waals surface area contributed by atoms with Gasteiger partial charge in [0.25, 0.3) is 0 Å². The molecule has 1 aromatic carbocycles. The van der Waals surface area contributed by atoms with Gasteiger partial charge in [0.15, 0.2) is 6.10 Å². The molecular weight excluding hydrogens is 206 g/mol. The zero-order valence-electron chi connectivity index (χ0n) is 9.23. The molecule has 1 heterocycles. The highest BCUT2D eigenvalue weighted by molar-refractivity contribution is 5.76. The van der Waals surface area contributed by atoms with Crippen molar-refractivity contribution in [2.24, 2.45) is 0 Å². The maximum atomic E-state index is 11.2. The molecule has 0 aromatic heterocycles. The van der Waals surface area contributed by atoms with E-state index in [1.165, 1.54) is 5.56 Å². The summed E-state index contributed by atoms with van der Waals surface area (Å²) in [7, 11) is 1.90. The summed E-state index contributed by atoms with van der Waals surface area (Å²) in [4.78, 5) is 11.2. The van der Waals surface area contributed by atoms with Crippen molar-refractivity contribution in [2.45, 2.75) is 19.1 Å². The molecule has 86 valence electrons. The van der Waals surface area contributed by atoms with Gasteiger partial charge >= 0.3 is 5.97 Å². The van der Waals surface area contributed by atoms with Crippen LogP contribution in [0.4, 0.5) is 0 Å². The Kier molecular flexibility index (Phi) is 3.41. The number of cyclic esters (lactones) is 1. The molecule has 2 rings (SSSR count). The number of hydrogen-bond acceptors (Lipinski definition) is 4. The van der Waals surface area contributed by atoms with Crippen molar-refractivity contribution in [2.75, 3.05) is 13.7 Å². The lowest BCUT2D eigenvalue weighted by molar-refractivity contribution is -0.143. The highest BCUT2D eigenvalue weighted by Crippen LogP contribution is 2.18. The van der Waals surface area contributed by atoms with Gasteiger partial charge in [-0.3, -0.25) is 0 Å². The van der Waals surface area contributed by atoms with E-state index in [1.807, 2.05) is 31.3 Å². The fourth-order valence-electron chi connectivity index (χ4n) is 1.64. The average molecular weight is 221 g/mol. The van der Waals surface area contributed by atoms with E-state index >= 15 is 0 Å². The van der Waals surface area contributed by atoms with E-state index in [0.717, 1.165) is 6.54 Å². The van der Waals surface area contributed by atoms with Crippen LogP contribution in [0.3, 0.4) is 0 Å². The van der Waals surface area contributed by atoms with Crippen LogP contribution in [0.25, 0.3) is 0 Å².